The SMILES string of the molecule is Cc1cc(C)c(CN)c(Sc2ncn[nH]2)n1. The predicted octanol–water partition coefficient (Wildman–Crippen LogP) is 1.43. The molecule has 0 aliphatic rings. The monoisotopic (exact) mass is 235 g/mol. The second-order valence-corrected chi connectivity index (χ2v) is 4.44. The van der Waals surface area contributed by atoms with E-state index in [0.29, 0.717) is 6.54 Å². The van der Waals surface area contributed by atoms with Gasteiger partial charge in [-0.2, -0.15) is 5.10 Å². The fourth-order valence-electron chi connectivity index (χ4n) is 1.50. The van der Waals surface area contributed by atoms with E-state index >= 15 is 0 Å². The summed E-state index contributed by atoms with van der Waals surface area (Å²) in [7, 11) is 0. The average molecular weight is 235 g/mol. The third kappa shape index (κ3) is 2.23. The molecule has 16 heavy (non-hydrogen) atoms. The fourth-order valence-corrected chi connectivity index (χ4v) is 2.44. The molecule has 0 aliphatic carbocycles. The maximum absolute atomic E-state index is 5.73. The Morgan fingerprint density at radius 2 is 2.25 bits per heavy atom. The highest BCUT2D eigenvalue weighted by molar-refractivity contribution is 7.99. The minimum Gasteiger partial charge on any atom is -0.326 e. The van der Waals surface area contributed by atoms with Gasteiger partial charge in [-0.3, -0.25) is 5.10 Å². The molecule has 0 saturated carbocycles. The van der Waals surface area contributed by atoms with E-state index in [9.17, 15) is 0 Å². The van der Waals surface area contributed by atoms with Crippen molar-refractivity contribution < 1.29 is 0 Å². The summed E-state index contributed by atoms with van der Waals surface area (Å²) < 4.78 is 0. The number of rotatable bonds is 3. The molecule has 2 rings (SSSR count). The van der Waals surface area contributed by atoms with Crippen LogP contribution in [0.3, 0.4) is 0 Å². The van der Waals surface area contributed by atoms with Crippen LogP contribution < -0.4 is 5.73 Å². The van der Waals surface area contributed by atoms with Crippen LogP contribution in [-0.2, 0) is 6.54 Å². The van der Waals surface area contributed by atoms with Gasteiger partial charge in [0.2, 0.25) is 0 Å². The van der Waals surface area contributed by atoms with Crippen LogP contribution in [-0.4, -0.2) is 20.2 Å². The number of nitrogens with two attached hydrogens (primary N) is 1. The number of aryl methyl sites for hydroxylation is 2. The van der Waals surface area contributed by atoms with Crippen molar-refractivity contribution in [2.45, 2.75) is 30.6 Å². The first-order valence-corrected chi connectivity index (χ1v) is 5.72. The van der Waals surface area contributed by atoms with Crippen molar-refractivity contribution in [1.29, 1.82) is 0 Å². The van der Waals surface area contributed by atoms with Crippen molar-refractivity contribution in [2.75, 3.05) is 0 Å². The highest BCUT2D eigenvalue weighted by atomic mass is 32.2. The lowest BCUT2D eigenvalue weighted by atomic mass is 10.1. The quantitative estimate of drug-likeness (QED) is 0.841. The summed E-state index contributed by atoms with van der Waals surface area (Å²) in [5.41, 5.74) is 8.94. The standard InChI is InChI=1S/C10H13N5S/c1-6-3-7(2)14-9(8(6)4-11)16-10-12-5-13-15-10/h3,5H,4,11H2,1-2H3,(H,12,13,15). The van der Waals surface area contributed by atoms with E-state index in [1.807, 2.05) is 19.9 Å². The highest BCUT2D eigenvalue weighted by Gasteiger charge is 2.10. The van der Waals surface area contributed by atoms with Crippen molar-refractivity contribution >= 4 is 11.8 Å². The molecule has 0 radical (unpaired) electrons. The van der Waals surface area contributed by atoms with Gasteiger partial charge in [-0.05, 0) is 37.2 Å². The molecule has 2 heterocycles. The van der Waals surface area contributed by atoms with Gasteiger partial charge in [0.1, 0.15) is 11.4 Å². The molecule has 0 bridgehead atoms. The zero-order chi connectivity index (χ0) is 11.5. The number of H-pyrrole nitrogens is 1. The van der Waals surface area contributed by atoms with Crippen LogP contribution in [0.5, 0.6) is 0 Å². The van der Waals surface area contributed by atoms with Crippen molar-refractivity contribution in [1.82, 2.24) is 20.2 Å². The molecule has 0 fully saturated rings. The zero-order valence-electron chi connectivity index (χ0n) is 9.19. The van der Waals surface area contributed by atoms with Crippen LogP contribution in [0.25, 0.3) is 0 Å². The molecule has 2 aromatic rings. The largest absolute Gasteiger partial charge is 0.326 e. The lowest BCUT2D eigenvalue weighted by Gasteiger charge is -2.09. The molecule has 0 unspecified atom stereocenters. The lowest BCUT2D eigenvalue weighted by Crippen LogP contribution is -2.04. The number of pyridine rings is 1. The maximum atomic E-state index is 5.73. The summed E-state index contributed by atoms with van der Waals surface area (Å²) >= 11 is 1.45. The summed E-state index contributed by atoms with van der Waals surface area (Å²) in [4.78, 5) is 8.54. The molecule has 0 amide bonds. The Morgan fingerprint density at radius 1 is 1.44 bits per heavy atom. The van der Waals surface area contributed by atoms with Gasteiger partial charge < -0.3 is 5.73 Å². The first-order chi connectivity index (χ1) is 7.70. The summed E-state index contributed by atoms with van der Waals surface area (Å²) in [6, 6.07) is 2.03. The number of aromatic nitrogens is 4. The Labute approximate surface area is 97.9 Å². The van der Waals surface area contributed by atoms with Crippen molar-refractivity contribution in [3.63, 3.8) is 0 Å². The number of aromatic amines is 1. The fraction of sp³-hybridized carbons (Fsp3) is 0.300. The third-order valence-electron chi connectivity index (χ3n) is 2.23. The van der Waals surface area contributed by atoms with Crippen molar-refractivity contribution in [2.24, 2.45) is 5.73 Å². The molecule has 6 heteroatoms. The Hall–Kier alpha value is -1.40. The number of hydrogen-bond donors (Lipinski definition) is 2. The van der Waals surface area contributed by atoms with Gasteiger partial charge in [0.25, 0.3) is 0 Å². The van der Waals surface area contributed by atoms with E-state index in [0.717, 1.165) is 27.0 Å². The van der Waals surface area contributed by atoms with E-state index in [2.05, 4.69) is 20.2 Å². The van der Waals surface area contributed by atoms with E-state index in [1.165, 1.54) is 18.1 Å². The normalized spacial score (nSPS) is 10.7. The minimum absolute atomic E-state index is 0.482. The predicted molar refractivity (Wildman–Crippen MR) is 62.1 cm³/mol. The van der Waals surface area contributed by atoms with Gasteiger partial charge >= 0.3 is 0 Å². The van der Waals surface area contributed by atoms with Gasteiger partial charge in [0.15, 0.2) is 5.16 Å². The molecule has 3 N–H and O–H groups in total. The Kier molecular flexibility index (Phi) is 3.21. The number of hydrogen-bond acceptors (Lipinski definition) is 5. The van der Waals surface area contributed by atoms with Crippen LogP contribution in [0.4, 0.5) is 0 Å². The topological polar surface area (TPSA) is 80.5 Å². The van der Waals surface area contributed by atoms with Gasteiger partial charge in [0, 0.05) is 17.8 Å². The summed E-state index contributed by atoms with van der Waals surface area (Å²) in [6.07, 6.45) is 1.48. The first-order valence-electron chi connectivity index (χ1n) is 4.91. The van der Waals surface area contributed by atoms with Crippen molar-refractivity contribution in [3.05, 3.63) is 29.2 Å². The molecular formula is C10H13N5S. The van der Waals surface area contributed by atoms with Crippen LogP contribution in [0.2, 0.25) is 0 Å². The smallest absolute Gasteiger partial charge is 0.189 e. The minimum atomic E-state index is 0.482. The van der Waals surface area contributed by atoms with E-state index in [4.69, 9.17) is 5.73 Å². The molecule has 5 nitrogen and oxygen atoms in total. The van der Waals surface area contributed by atoms with Gasteiger partial charge in [-0.25, -0.2) is 9.97 Å². The molecule has 84 valence electrons. The maximum Gasteiger partial charge on any atom is 0.189 e. The van der Waals surface area contributed by atoms with Crippen LogP contribution in [0, 0.1) is 13.8 Å². The van der Waals surface area contributed by atoms with E-state index in [-0.39, 0.29) is 0 Å². The summed E-state index contributed by atoms with van der Waals surface area (Å²) in [5, 5.41) is 8.23. The van der Waals surface area contributed by atoms with Gasteiger partial charge in [-0.1, -0.05) is 0 Å². The second kappa shape index (κ2) is 4.63. The summed E-state index contributed by atoms with van der Waals surface area (Å²) in [6.45, 7) is 4.49. The Morgan fingerprint density at radius 3 is 2.88 bits per heavy atom. The second-order valence-electron chi connectivity index (χ2n) is 3.46. The zero-order valence-corrected chi connectivity index (χ0v) is 10.0. The Balaban J connectivity index is 2.39. The molecule has 0 saturated heterocycles. The average Bonchev–Trinajstić information content (AvgIpc) is 2.70. The molecule has 0 atom stereocenters. The summed E-state index contributed by atoms with van der Waals surface area (Å²) in [5.74, 6) is 0. The number of nitrogens with zero attached hydrogens (tertiary/aromatic N) is 3. The van der Waals surface area contributed by atoms with Gasteiger partial charge in [-0.15, -0.1) is 0 Å². The molecular weight excluding hydrogens is 222 g/mol. The van der Waals surface area contributed by atoms with Crippen LogP contribution in [0.15, 0.2) is 22.6 Å². The van der Waals surface area contributed by atoms with Crippen molar-refractivity contribution in [3.8, 4) is 0 Å². The molecule has 0 spiro atoms. The molecule has 2 aromatic heterocycles. The van der Waals surface area contributed by atoms with Gasteiger partial charge in [0.05, 0.1) is 0 Å². The van der Waals surface area contributed by atoms with E-state index in [1.54, 1.807) is 0 Å². The Bertz CT molecular complexity index is 480. The first kappa shape index (κ1) is 11.1. The third-order valence-corrected chi connectivity index (χ3v) is 3.15. The highest BCUT2D eigenvalue weighted by Crippen LogP contribution is 2.27. The van der Waals surface area contributed by atoms with Crippen LogP contribution in [0.1, 0.15) is 16.8 Å². The molecule has 0 aliphatic heterocycles. The van der Waals surface area contributed by atoms with E-state index < -0.39 is 0 Å². The van der Waals surface area contributed by atoms with Crippen LogP contribution >= 0.6 is 11.8 Å². The lowest BCUT2D eigenvalue weighted by molar-refractivity contribution is 0.910. The molecule has 0 aromatic carbocycles. The number of nitrogens with one attached hydrogen (secondary N) is 1.